The lowest BCUT2D eigenvalue weighted by atomic mass is 10.0. The number of unbranched alkanes of at least 4 members (excludes halogenated alkanes) is 1. The van der Waals surface area contributed by atoms with Crippen LogP contribution >= 0.6 is 11.6 Å². The summed E-state index contributed by atoms with van der Waals surface area (Å²) in [5.74, 6) is 5.47. The second-order valence-corrected chi connectivity index (χ2v) is 3.66. The van der Waals surface area contributed by atoms with Gasteiger partial charge in [-0.05, 0) is 18.1 Å². The minimum Gasteiger partial charge on any atom is -0.271 e. The molecule has 0 aliphatic rings. The number of nitrogens with two attached hydrogens (primary N) is 1. The summed E-state index contributed by atoms with van der Waals surface area (Å²) in [5.41, 5.74) is 3.88. The van der Waals surface area contributed by atoms with Crippen LogP contribution in [0.3, 0.4) is 0 Å². The van der Waals surface area contributed by atoms with Crippen LogP contribution in [0.15, 0.2) is 18.3 Å². The highest BCUT2D eigenvalue weighted by Gasteiger charge is 2.08. The van der Waals surface area contributed by atoms with Crippen LogP contribution in [0.5, 0.6) is 0 Å². The summed E-state index contributed by atoms with van der Waals surface area (Å²) < 4.78 is 0. The van der Waals surface area contributed by atoms with Crippen molar-refractivity contribution in [2.45, 2.75) is 32.2 Å². The zero-order valence-corrected chi connectivity index (χ0v) is 9.09. The molecule has 1 heterocycles. The Morgan fingerprint density at radius 2 is 2.36 bits per heavy atom. The summed E-state index contributed by atoms with van der Waals surface area (Å²) in [6, 6.07) is 3.92. The molecule has 0 fully saturated rings. The number of nitrogens with zero attached hydrogens (tertiary/aromatic N) is 1. The average molecular weight is 214 g/mol. The summed E-state index contributed by atoms with van der Waals surface area (Å²) in [6.45, 7) is 2.16. The van der Waals surface area contributed by atoms with Gasteiger partial charge in [0.2, 0.25) is 0 Å². The first-order valence-corrected chi connectivity index (χ1v) is 5.23. The van der Waals surface area contributed by atoms with Gasteiger partial charge in [-0.2, -0.15) is 0 Å². The summed E-state index contributed by atoms with van der Waals surface area (Å²) in [4.78, 5) is 4.03. The second kappa shape index (κ2) is 5.96. The first-order valence-electron chi connectivity index (χ1n) is 4.85. The Morgan fingerprint density at radius 3 is 2.86 bits per heavy atom. The SMILES string of the molecule is CCCCC(NN)c1ccc(Cl)nc1. The van der Waals surface area contributed by atoms with Crippen molar-refractivity contribution in [3.8, 4) is 0 Å². The van der Waals surface area contributed by atoms with Crippen molar-refractivity contribution < 1.29 is 0 Å². The maximum absolute atomic E-state index is 5.70. The molecule has 14 heavy (non-hydrogen) atoms. The normalized spacial score (nSPS) is 12.8. The third-order valence-corrected chi connectivity index (χ3v) is 2.42. The zero-order chi connectivity index (χ0) is 10.4. The molecule has 1 aromatic heterocycles. The molecule has 1 unspecified atom stereocenters. The van der Waals surface area contributed by atoms with Crippen LogP contribution in [0.4, 0.5) is 0 Å². The molecule has 0 aliphatic heterocycles. The topological polar surface area (TPSA) is 50.9 Å². The number of pyridine rings is 1. The lowest BCUT2D eigenvalue weighted by Gasteiger charge is -2.15. The Bertz CT molecular complexity index is 261. The van der Waals surface area contributed by atoms with E-state index in [1.807, 2.05) is 6.07 Å². The highest BCUT2D eigenvalue weighted by atomic mass is 35.5. The molecular weight excluding hydrogens is 198 g/mol. The van der Waals surface area contributed by atoms with Gasteiger partial charge in [-0.15, -0.1) is 0 Å². The van der Waals surface area contributed by atoms with Crippen molar-refractivity contribution in [2.75, 3.05) is 0 Å². The van der Waals surface area contributed by atoms with Crippen molar-refractivity contribution >= 4 is 11.6 Å². The van der Waals surface area contributed by atoms with E-state index in [9.17, 15) is 0 Å². The number of rotatable bonds is 5. The minimum absolute atomic E-state index is 0.180. The monoisotopic (exact) mass is 213 g/mol. The summed E-state index contributed by atoms with van der Waals surface area (Å²) in [7, 11) is 0. The minimum atomic E-state index is 0.180. The Kier molecular flexibility index (Phi) is 4.87. The molecule has 0 saturated carbocycles. The van der Waals surface area contributed by atoms with Gasteiger partial charge in [0.25, 0.3) is 0 Å². The smallest absolute Gasteiger partial charge is 0.129 e. The third-order valence-electron chi connectivity index (χ3n) is 2.20. The molecule has 0 amide bonds. The van der Waals surface area contributed by atoms with Gasteiger partial charge in [-0.1, -0.05) is 37.4 Å². The molecule has 1 aromatic rings. The van der Waals surface area contributed by atoms with Gasteiger partial charge in [0.05, 0.1) is 0 Å². The van der Waals surface area contributed by atoms with E-state index in [1.165, 1.54) is 6.42 Å². The molecule has 1 rings (SSSR count). The predicted octanol–water partition coefficient (Wildman–Crippen LogP) is 2.43. The van der Waals surface area contributed by atoms with Crippen molar-refractivity contribution in [1.29, 1.82) is 0 Å². The number of hydrazine groups is 1. The fourth-order valence-electron chi connectivity index (χ4n) is 1.35. The van der Waals surface area contributed by atoms with E-state index in [1.54, 1.807) is 12.3 Å². The molecule has 4 heteroatoms. The molecule has 0 saturated heterocycles. The molecule has 78 valence electrons. The van der Waals surface area contributed by atoms with E-state index in [0.717, 1.165) is 18.4 Å². The van der Waals surface area contributed by atoms with Crippen LogP contribution in [0.2, 0.25) is 5.15 Å². The number of halogens is 1. The van der Waals surface area contributed by atoms with Gasteiger partial charge in [-0.25, -0.2) is 4.98 Å². The van der Waals surface area contributed by atoms with E-state index in [4.69, 9.17) is 17.4 Å². The second-order valence-electron chi connectivity index (χ2n) is 3.28. The summed E-state index contributed by atoms with van der Waals surface area (Å²) in [5, 5.41) is 0.514. The van der Waals surface area contributed by atoms with Gasteiger partial charge in [-0.3, -0.25) is 11.3 Å². The van der Waals surface area contributed by atoms with Gasteiger partial charge in [0.15, 0.2) is 0 Å². The third kappa shape index (κ3) is 3.25. The van der Waals surface area contributed by atoms with Crippen molar-refractivity contribution in [3.63, 3.8) is 0 Å². The fraction of sp³-hybridized carbons (Fsp3) is 0.500. The molecule has 0 aromatic carbocycles. The standard InChI is InChI=1S/C10H16ClN3/c1-2-3-4-9(14-12)8-5-6-10(11)13-7-8/h5-7,9,14H,2-4,12H2,1H3. The van der Waals surface area contributed by atoms with Crippen LogP contribution in [0.1, 0.15) is 37.8 Å². The Balaban J connectivity index is 2.64. The van der Waals surface area contributed by atoms with Gasteiger partial charge < -0.3 is 0 Å². The molecule has 0 spiro atoms. The number of hydrogen-bond donors (Lipinski definition) is 2. The van der Waals surface area contributed by atoms with Gasteiger partial charge in [0, 0.05) is 12.2 Å². The molecular formula is C10H16ClN3. The Morgan fingerprint density at radius 1 is 1.57 bits per heavy atom. The lowest BCUT2D eigenvalue weighted by molar-refractivity contribution is 0.494. The predicted molar refractivity (Wildman–Crippen MR) is 58.8 cm³/mol. The van der Waals surface area contributed by atoms with Gasteiger partial charge in [0.1, 0.15) is 5.15 Å². The van der Waals surface area contributed by atoms with E-state index >= 15 is 0 Å². The van der Waals surface area contributed by atoms with Crippen molar-refractivity contribution in [1.82, 2.24) is 10.4 Å². The highest BCUT2D eigenvalue weighted by Crippen LogP contribution is 2.18. The van der Waals surface area contributed by atoms with Crippen LogP contribution in [0, 0.1) is 0 Å². The largest absolute Gasteiger partial charge is 0.271 e. The van der Waals surface area contributed by atoms with E-state index < -0.39 is 0 Å². The first-order chi connectivity index (χ1) is 6.77. The van der Waals surface area contributed by atoms with Crippen LogP contribution < -0.4 is 11.3 Å². The molecule has 0 aliphatic carbocycles. The molecule has 3 N–H and O–H groups in total. The van der Waals surface area contributed by atoms with Crippen LogP contribution in [-0.4, -0.2) is 4.98 Å². The number of nitrogens with one attached hydrogen (secondary N) is 1. The fourth-order valence-corrected chi connectivity index (χ4v) is 1.46. The van der Waals surface area contributed by atoms with Crippen molar-refractivity contribution in [2.24, 2.45) is 5.84 Å². The lowest BCUT2D eigenvalue weighted by Crippen LogP contribution is -2.28. The van der Waals surface area contributed by atoms with Gasteiger partial charge >= 0.3 is 0 Å². The van der Waals surface area contributed by atoms with E-state index in [-0.39, 0.29) is 6.04 Å². The molecule has 0 bridgehead atoms. The molecule has 0 radical (unpaired) electrons. The molecule has 3 nitrogen and oxygen atoms in total. The average Bonchev–Trinajstić information content (AvgIpc) is 2.21. The maximum Gasteiger partial charge on any atom is 0.129 e. The van der Waals surface area contributed by atoms with Crippen LogP contribution in [0.25, 0.3) is 0 Å². The van der Waals surface area contributed by atoms with Crippen molar-refractivity contribution in [3.05, 3.63) is 29.0 Å². The molecule has 1 atom stereocenters. The summed E-state index contributed by atoms with van der Waals surface area (Å²) >= 11 is 5.70. The maximum atomic E-state index is 5.70. The van der Waals surface area contributed by atoms with E-state index in [2.05, 4.69) is 17.3 Å². The summed E-state index contributed by atoms with van der Waals surface area (Å²) in [6.07, 6.45) is 5.11. The quantitative estimate of drug-likeness (QED) is 0.449. The zero-order valence-electron chi connectivity index (χ0n) is 8.33. The first kappa shape index (κ1) is 11.4. The van der Waals surface area contributed by atoms with Crippen LogP contribution in [-0.2, 0) is 0 Å². The number of aromatic nitrogens is 1. The Hall–Kier alpha value is -0.640. The highest BCUT2D eigenvalue weighted by molar-refractivity contribution is 6.29. The van der Waals surface area contributed by atoms with E-state index in [0.29, 0.717) is 5.15 Å². The number of hydrogen-bond acceptors (Lipinski definition) is 3. The Labute approximate surface area is 89.6 Å².